The lowest BCUT2D eigenvalue weighted by Crippen LogP contribution is -2.48. The van der Waals surface area contributed by atoms with Gasteiger partial charge in [-0.1, -0.05) is 6.07 Å². The van der Waals surface area contributed by atoms with Gasteiger partial charge in [0, 0.05) is 49.8 Å². The van der Waals surface area contributed by atoms with E-state index in [-0.39, 0.29) is 5.91 Å². The molecule has 1 aromatic carbocycles. The Bertz CT molecular complexity index is 844. The molecule has 0 bridgehead atoms. The summed E-state index contributed by atoms with van der Waals surface area (Å²) in [6.07, 6.45) is 3.88. The molecule has 0 N–H and O–H groups in total. The molecule has 1 amide bonds. The van der Waals surface area contributed by atoms with Gasteiger partial charge in [0.25, 0.3) is 5.91 Å². The number of hydrogen-bond acceptors (Lipinski definition) is 3. The number of ether oxygens (including phenoxy) is 1. The number of rotatable bonds is 3. The van der Waals surface area contributed by atoms with Gasteiger partial charge >= 0.3 is 0 Å². The third kappa shape index (κ3) is 3.05. The van der Waals surface area contributed by atoms with E-state index in [1.807, 2.05) is 58.1 Å². The summed E-state index contributed by atoms with van der Waals surface area (Å²) in [6, 6.07) is 16.0. The lowest BCUT2D eigenvalue weighted by molar-refractivity contribution is 0.0747. The van der Waals surface area contributed by atoms with Crippen LogP contribution >= 0.6 is 0 Å². The maximum Gasteiger partial charge on any atom is 0.255 e. The summed E-state index contributed by atoms with van der Waals surface area (Å²) in [5, 5.41) is 0. The third-order valence-corrected chi connectivity index (χ3v) is 4.76. The molecule has 1 aliphatic heterocycles. The fraction of sp³-hybridized carbons (Fsp3) is 0.250. The Kier molecular flexibility index (Phi) is 4.06. The summed E-state index contributed by atoms with van der Waals surface area (Å²) in [5.41, 5.74) is 2.97. The zero-order chi connectivity index (χ0) is 17.2. The number of aromatic nitrogens is 1. The van der Waals surface area contributed by atoms with E-state index >= 15 is 0 Å². The Hall–Kier alpha value is -2.95. The van der Waals surface area contributed by atoms with E-state index in [1.54, 1.807) is 7.11 Å². The van der Waals surface area contributed by atoms with E-state index in [4.69, 9.17) is 4.74 Å². The highest BCUT2D eigenvalue weighted by atomic mass is 16.5. The van der Waals surface area contributed by atoms with Crippen LogP contribution in [0.4, 0.5) is 5.69 Å². The van der Waals surface area contributed by atoms with Crippen LogP contribution in [0.25, 0.3) is 5.52 Å². The number of anilines is 1. The molecule has 4 rings (SSSR count). The molecule has 25 heavy (non-hydrogen) atoms. The molecule has 3 heterocycles. The number of fused-ring (bicyclic) bond motifs is 1. The molecule has 0 spiro atoms. The van der Waals surface area contributed by atoms with Crippen molar-refractivity contribution < 1.29 is 9.53 Å². The van der Waals surface area contributed by atoms with Gasteiger partial charge < -0.3 is 18.9 Å². The highest BCUT2D eigenvalue weighted by Crippen LogP contribution is 2.21. The van der Waals surface area contributed by atoms with Crippen LogP contribution in [0.2, 0.25) is 0 Å². The smallest absolute Gasteiger partial charge is 0.255 e. The predicted molar refractivity (Wildman–Crippen MR) is 98.5 cm³/mol. The summed E-state index contributed by atoms with van der Waals surface area (Å²) < 4.78 is 7.19. The molecule has 0 atom stereocenters. The fourth-order valence-electron chi connectivity index (χ4n) is 3.32. The molecular weight excluding hydrogens is 314 g/mol. The topological polar surface area (TPSA) is 37.2 Å². The summed E-state index contributed by atoms with van der Waals surface area (Å²) >= 11 is 0. The standard InChI is InChI=1S/C20H21N3O2/c1-25-19-7-5-17(6-8-19)21-10-12-22(13-11-21)20(24)16-14-18-4-2-3-9-23(18)15-16/h2-9,14-15H,10-13H2,1H3. The van der Waals surface area contributed by atoms with Crippen molar-refractivity contribution >= 4 is 17.1 Å². The van der Waals surface area contributed by atoms with Crippen molar-refractivity contribution in [1.82, 2.24) is 9.30 Å². The number of piperazine rings is 1. The van der Waals surface area contributed by atoms with E-state index in [1.165, 1.54) is 5.69 Å². The minimum absolute atomic E-state index is 0.109. The van der Waals surface area contributed by atoms with Gasteiger partial charge in [-0.15, -0.1) is 0 Å². The van der Waals surface area contributed by atoms with Gasteiger partial charge in [-0.3, -0.25) is 4.79 Å². The number of benzene rings is 1. The molecule has 0 saturated carbocycles. The first-order valence-electron chi connectivity index (χ1n) is 8.49. The van der Waals surface area contributed by atoms with Crippen molar-refractivity contribution in [1.29, 1.82) is 0 Å². The SMILES string of the molecule is COc1ccc(N2CCN(C(=O)c3cc4ccccn4c3)CC2)cc1. The molecule has 5 nitrogen and oxygen atoms in total. The van der Waals surface area contributed by atoms with E-state index in [9.17, 15) is 4.79 Å². The second kappa shape index (κ2) is 6.51. The molecule has 1 saturated heterocycles. The monoisotopic (exact) mass is 335 g/mol. The fourth-order valence-corrected chi connectivity index (χ4v) is 3.32. The zero-order valence-corrected chi connectivity index (χ0v) is 14.3. The maximum atomic E-state index is 12.8. The number of amides is 1. The average molecular weight is 335 g/mol. The van der Waals surface area contributed by atoms with E-state index in [0.29, 0.717) is 0 Å². The molecule has 1 fully saturated rings. The average Bonchev–Trinajstić information content (AvgIpc) is 3.12. The van der Waals surface area contributed by atoms with Crippen molar-refractivity contribution in [2.24, 2.45) is 0 Å². The minimum Gasteiger partial charge on any atom is -0.497 e. The largest absolute Gasteiger partial charge is 0.497 e. The lowest BCUT2D eigenvalue weighted by atomic mass is 10.2. The van der Waals surface area contributed by atoms with Gasteiger partial charge in [-0.05, 0) is 42.5 Å². The van der Waals surface area contributed by atoms with Crippen molar-refractivity contribution in [3.63, 3.8) is 0 Å². The molecule has 0 aliphatic carbocycles. The number of nitrogens with zero attached hydrogens (tertiary/aromatic N) is 3. The molecule has 2 aromatic heterocycles. The van der Waals surface area contributed by atoms with E-state index < -0.39 is 0 Å². The van der Waals surface area contributed by atoms with Crippen LogP contribution in [0.1, 0.15) is 10.4 Å². The van der Waals surface area contributed by atoms with Crippen LogP contribution in [0.5, 0.6) is 5.75 Å². The quantitative estimate of drug-likeness (QED) is 0.738. The minimum atomic E-state index is 0.109. The van der Waals surface area contributed by atoms with Crippen LogP contribution in [0, 0.1) is 0 Å². The summed E-state index contributed by atoms with van der Waals surface area (Å²) in [6.45, 7) is 3.14. The van der Waals surface area contributed by atoms with Crippen LogP contribution in [0.15, 0.2) is 60.9 Å². The van der Waals surface area contributed by atoms with Crippen molar-refractivity contribution in [3.8, 4) is 5.75 Å². The predicted octanol–water partition coefficient (Wildman–Crippen LogP) is 2.91. The van der Waals surface area contributed by atoms with Gasteiger partial charge in [0.2, 0.25) is 0 Å². The van der Waals surface area contributed by atoms with Gasteiger partial charge in [0.1, 0.15) is 5.75 Å². The Balaban J connectivity index is 1.43. The van der Waals surface area contributed by atoms with E-state index in [2.05, 4.69) is 17.0 Å². The molecule has 3 aromatic rings. The van der Waals surface area contributed by atoms with Gasteiger partial charge in [-0.2, -0.15) is 0 Å². The summed E-state index contributed by atoms with van der Waals surface area (Å²) in [4.78, 5) is 17.0. The van der Waals surface area contributed by atoms with E-state index in [0.717, 1.165) is 43.0 Å². The zero-order valence-electron chi connectivity index (χ0n) is 14.3. The number of hydrogen-bond donors (Lipinski definition) is 0. The Morgan fingerprint density at radius 1 is 1.00 bits per heavy atom. The van der Waals surface area contributed by atoms with Crippen LogP contribution in [-0.4, -0.2) is 48.5 Å². The maximum absolute atomic E-state index is 12.8. The van der Waals surface area contributed by atoms with Crippen LogP contribution < -0.4 is 9.64 Å². The number of carbonyl (C=O) groups excluding carboxylic acids is 1. The summed E-state index contributed by atoms with van der Waals surface area (Å²) in [7, 11) is 1.67. The Morgan fingerprint density at radius 2 is 1.76 bits per heavy atom. The molecule has 5 heteroatoms. The van der Waals surface area contributed by atoms with Gasteiger partial charge in [0.05, 0.1) is 12.7 Å². The Labute approximate surface area is 147 Å². The van der Waals surface area contributed by atoms with Gasteiger partial charge in [-0.25, -0.2) is 0 Å². The number of methoxy groups -OCH3 is 1. The normalized spacial score (nSPS) is 14.8. The number of carbonyl (C=O) groups is 1. The van der Waals surface area contributed by atoms with Crippen LogP contribution in [0.3, 0.4) is 0 Å². The highest BCUT2D eigenvalue weighted by Gasteiger charge is 2.23. The molecule has 1 aliphatic rings. The lowest BCUT2D eigenvalue weighted by Gasteiger charge is -2.36. The van der Waals surface area contributed by atoms with Crippen LogP contribution in [-0.2, 0) is 0 Å². The first-order valence-corrected chi connectivity index (χ1v) is 8.49. The van der Waals surface area contributed by atoms with Crippen molar-refractivity contribution in [2.45, 2.75) is 0 Å². The third-order valence-electron chi connectivity index (χ3n) is 4.76. The van der Waals surface area contributed by atoms with Gasteiger partial charge in [0.15, 0.2) is 0 Å². The molecular formula is C20H21N3O2. The summed E-state index contributed by atoms with van der Waals surface area (Å²) in [5.74, 6) is 0.969. The first kappa shape index (κ1) is 15.6. The second-order valence-corrected chi connectivity index (χ2v) is 6.24. The Morgan fingerprint density at radius 3 is 2.44 bits per heavy atom. The van der Waals surface area contributed by atoms with Crippen molar-refractivity contribution in [3.05, 3.63) is 66.5 Å². The second-order valence-electron chi connectivity index (χ2n) is 6.24. The molecule has 128 valence electrons. The number of pyridine rings is 1. The van der Waals surface area contributed by atoms with Crippen molar-refractivity contribution in [2.75, 3.05) is 38.2 Å². The molecule has 0 radical (unpaired) electrons. The first-order chi connectivity index (χ1) is 12.2. The highest BCUT2D eigenvalue weighted by molar-refractivity contribution is 5.95. The molecule has 0 unspecified atom stereocenters.